The van der Waals surface area contributed by atoms with Gasteiger partial charge in [0.2, 0.25) is 0 Å². The predicted molar refractivity (Wildman–Crippen MR) is 98.3 cm³/mol. The van der Waals surface area contributed by atoms with Crippen LogP contribution >= 0.6 is 11.6 Å². The smallest absolute Gasteiger partial charge is 0.179 e. The van der Waals surface area contributed by atoms with E-state index in [2.05, 4.69) is 5.10 Å². The molecule has 0 unspecified atom stereocenters. The van der Waals surface area contributed by atoms with Gasteiger partial charge in [-0.15, -0.1) is 0 Å². The van der Waals surface area contributed by atoms with E-state index >= 15 is 0 Å². The number of carbonyl (C=O) groups is 1. The predicted octanol–water partition coefficient (Wildman–Crippen LogP) is 4.67. The van der Waals surface area contributed by atoms with E-state index in [1.807, 2.05) is 55.5 Å². The van der Waals surface area contributed by atoms with Gasteiger partial charge in [-0.3, -0.25) is 9.48 Å². The van der Waals surface area contributed by atoms with Crippen molar-refractivity contribution in [2.24, 2.45) is 0 Å². The first-order valence-electron chi connectivity index (χ1n) is 8.03. The molecule has 0 saturated heterocycles. The molecule has 0 atom stereocenters. The van der Waals surface area contributed by atoms with Crippen molar-refractivity contribution in [3.8, 4) is 5.75 Å². The van der Waals surface area contributed by atoms with Gasteiger partial charge in [0, 0.05) is 23.2 Å². The first-order chi connectivity index (χ1) is 12.0. The Hall–Kier alpha value is -2.59. The summed E-state index contributed by atoms with van der Waals surface area (Å²) in [7, 11) is 0. The minimum absolute atomic E-state index is 0.0477. The monoisotopic (exact) mass is 354 g/mol. The van der Waals surface area contributed by atoms with Crippen LogP contribution < -0.4 is 4.74 Å². The van der Waals surface area contributed by atoms with Crippen LogP contribution in [0.4, 0.5) is 0 Å². The lowest BCUT2D eigenvalue weighted by Crippen LogP contribution is -2.07. The molecular formula is C20H19ClN2O2. The quantitative estimate of drug-likeness (QED) is 0.604. The number of nitrogens with zero attached hydrogens (tertiary/aromatic N) is 2. The first kappa shape index (κ1) is 17.2. The van der Waals surface area contributed by atoms with Crippen LogP contribution in [0.5, 0.6) is 5.75 Å². The van der Waals surface area contributed by atoms with Crippen molar-refractivity contribution < 1.29 is 9.53 Å². The molecule has 0 radical (unpaired) electrons. The Morgan fingerprint density at radius 1 is 1.16 bits per heavy atom. The minimum Gasteiger partial charge on any atom is -0.489 e. The van der Waals surface area contributed by atoms with Crippen LogP contribution in [-0.4, -0.2) is 15.6 Å². The Labute approximate surface area is 152 Å². The van der Waals surface area contributed by atoms with E-state index in [4.69, 9.17) is 16.3 Å². The zero-order chi connectivity index (χ0) is 17.8. The third-order valence-corrected chi connectivity index (χ3v) is 4.16. The van der Waals surface area contributed by atoms with Crippen LogP contribution in [0.3, 0.4) is 0 Å². The number of halogens is 1. The molecule has 0 fully saturated rings. The first-order valence-corrected chi connectivity index (χ1v) is 8.41. The van der Waals surface area contributed by atoms with Gasteiger partial charge in [0.1, 0.15) is 18.1 Å². The van der Waals surface area contributed by atoms with Crippen molar-refractivity contribution in [2.45, 2.75) is 27.0 Å². The van der Waals surface area contributed by atoms with E-state index in [0.717, 1.165) is 22.6 Å². The molecule has 0 spiro atoms. The van der Waals surface area contributed by atoms with Gasteiger partial charge in [-0.2, -0.15) is 5.10 Å². The second-order valence-electron chi connectivity index (χ2n) is 5.91. The zero-order valence-corrected chi connectivity index (χ0v) is 15.0. The van der Waals surface area contributed by atoms with Crippen LogP contribution in [0.15, 0.2) is 54.6 Å². The van der Waals surface area contributed by atoms with Crippen molar-refractivity contribution >= 4 is 17.4 Å². The number of aromatic nitrogens is 2. The van der Waals surface area contributed by atoms with Crippen molar-refractivity contribution in [2.75, 3.05) is 0 Å². The van der Waals surface area contributed by atoms with Crippen LogP contribution in [0, 0.1) is 6.92 Å². The number of Topliss-reactive ketones (excluding diaryl/α,β-unsaturated/α-hetero) is 1. The van der Waals surface area contributed by atoms with Crippen molar-refractivity contribution in [3.63, 3.8) is 0 Å². The number of carbonyl (C=O) groups excluding carboxylic acids is 1. The third kappa shape index (κ3) is 4.28. The molecule has 0 aliphatic rings. The Balaban J connectivity index is 1.83. The number of rotatable bonds is 6. The maximum atomic E-state index is 11.5. The van der Waals surface area contributed by atoms with Crippen LogP contribution in [0.25, 0.3) is 0 Å². The largest absolute Gasteiger partial charge is 0.489 e. The molecule has 2 aromatic carbocycles. The lowest BCUT2D eigenvalue weighted by Gasteiger charge is -2.13. The summed E-state index contributed by atoms with van der Waals surface area (Å²) in [6.07, 6.45) is 0. The second kappa shape index (κ2) is 7.53. The van der Waals surface area contributed by atoms with Crippen molar-refractivity contribution in [3.05, 3.63) is 82.1 Å². The highest BCUT2D eigenvalue weighted by Gasteiger charge is 2.12. The lowest BCUT2D eigenvalue weighted by molar-refractivity contribution is 0.101. The standard InChI is InChI=1S/C20H19ClN2O2/c1-14-10-19(15(2)24)22-23(14)12-17-11-18(21)8-9-20(17)25-13-16-6-4-3-5-7-16/h3-11H,12-13H2,1-2H3. The van der Waals surface area contributed by atoms with Gasteiger partial charge < -0.3 is 4.74 Å². The zero-order valence-electron chi connectivity index (χ0n) is 14.2. The number of hydrogen-bond donors (Lipinski definition) is 0. The molecule has 128 valence electrons. The van der Waals surface area contributed by atoms with Crippen LogP contribution in [-0.2, 0) is 13.2 Å². The fourth-order valence-corrected chi connectivity index (χ4v) is 2.75. The summed E-state index contributed by atoms with van der Waals surface area (Å²) < 4.78 is 7.77. The molecule has 25 heavy (non-hydrogen) atoms. The Bertz CT molecular complexity index is 888. The van der Waals surface area contributed by atoms with E-state index in [-0.39, 0.29) is 5.78 Å². The number of ketones is 1. The molecule has 0 amide bonds. The summed E-state index contributed by atoms with van der Waals surface area (Å²) >= 11 is 6.16. The van der Waals surface area contributed by atoms with E-state index in [1.54, 1.807) is 10.7 Å². The Morgan fingerprint density at radius 3 is 2.60 bits per heavy atom. The van der Waals surface area contributed by atoms with E-state index in [1.165, 1.54) is 6.92 Å². The van der Waals surface area contributed by atoms with E-state index < -0.39 is 0 Å². The molecule has 0 bridgehead atoms. The second-order valence-corrected chi connectivity index (χ2v) is 6.35. The highest BCUT2D eigenvalue weighted by atomic mass is 35.5. The van der Waals surface area contributed by atoms with Crippen molar-refractivity contribution in [1.82, 2.24) is 9.78 Å². The summed E-state index contributed by atoms with van der Waals surface area (Å²) in [6, 6.07) is 17.3. The van der Waals surface area contributed by atoms with Crippen LogP contribution in [0.1, 0.15) is 34.2 Å². The lowest BCUT2D eigenvalue weighted by atomic mass is 10.2. The molecule has 0 N–H and O–H groups in total. The number of benzene rings is 2. The molecule has 5 heteroatoms. The highest BCUT2D eigenvalue weighted by molar-refractivity contribution is 6.30. The third-order valence-electron chi connectivity index (χ3n) is 3.92. The molecule has 0 aliphatic carbocycles. The average molecular weight is 355 g/mol. The Morgan fingerprint density at radius 2 is 1.92 bits per heavy atom. The molecule has 3 aromatic rings. The summed E-state index contributed by atoms with van der Waals surface area (Å²) in [5.41, 5.74) is 3.40. The summed E-state index contributed by atoms with van der Waals surface area (Å²) in [5.74, 6) is 0.709. The molecule has 0 aliphatic heterocycles. The average Bonchev–Trinajstić information content (AvgIpc) is 2.96. The topological polar surface area (TPSA) is 44.1 Å². The molecule has 1 aromatic heterocycles. The minimum atomic E-state index is -0.0477. The fraction of sp³-hybridized carbons (Fsp3) is 0.200. The molecular weight excluding hydrogens is 336 g/mol. The normalized spacial score (nSPS) is 10.7. The van der Waals surface area contributed by atoms with Gasteiger partial charge in [-0.25, -0.2) is 0 Å². The number of aryl methyl sites for hydroxylation is 1. The Kier molecular flexibility index (Phi) is 5.19. The van der Waals surface area contributed by atoms with Gasteiger partial charge in [0.05, 0.1) is 6.54 Å². The van der Waals surface area contributed by atoms with E-state index in [9.17, 15) is 4.79 Å². The van der Waals surface area contributed by atoms with Gasteiger partial charge >= 0.3 is 0 Å². The molecule has 1 heterocycles. The van der Waals surface area contributed by atoms with Crippen molar-refractivity contribution in [1.29, 1.82) is 0 Å². The highest BCUT2D eigenvalue weighted by Crippen LogP contribution is 2.25. The SMILES string of the molecule is CC(=O)c1cc(C)n(Cc2cc(Cl)ccc2OCc2ccccc2)n1. The molecule has 4 nitrogen and oxygen atoms in total. The molecule has 0 saturated carbocycles. The maximum absolute atomic E-state index is 11.5. The summed E-state index contributed by atoms with van der Waals surface area (Å²) in [5, 5.41) is 5.00. The summed E-state index contributed by atoms with van der Waals surface area (Å²) in [4.78, 5) is 11.5. The summed E-state index contributed by atoms with van der Waals surface area (Å²) in [6.45, 7) is 4.41. The van der Waals surface area contributed by atoms with Gasteiger partial charge in [0.15, 0.2) is 5.78 Å². The fourth-order valence-electron chi connectivity index (χ4n) is 2.55. The molecule has 3 rings (SSSR count). The van der Waals surface area contributed by atoms with Gasteiger partial charge in [0.25, 0.3) is 0 Å². The maximum Gasteiger partial charge on any atom is 0.179 e. The number of ether oxygens (including phenoxy) is 1. The van der Waals surface area contributed by atoms with Gasteiger partial charge in [-0.05, 0) is 36.8 Å². The number of hydrogen-bond acceptors (Lipinski definition) is 3. The van der Waals surface area contributed by atoms with E-state index in [0.29, 0.717) is 23.9 Å². The van der Waals surface area contributed by atoms with Gasteiger partial charge in [-0.1, -0.05) is 41.9 Å². The van der Waals surface area contributed by atoms with Crippen LogP contribution in [0.2, 0.25) is 5.02 Å².